The van der Waals surface area contributed by atoms with Crippen molar-refractivity contribution in [1.29, 1.82) is 5.26 Å². The van der Waals surface area contributed by atoms with E-state index >= 15 is 0 Å². The van der Waals surface area contributed by atoms with Crippen LogP contribution in [0.5, 0.6) is 11.6 Å². The lowest BCUT2D eigenvalue weighted by atomic mass is 9.89. The maximum Gasteiger partial charge on any atom is 0.256 e. The molecule has 51 heavy (non-hydrogen) atoms. The van der Waals surface area contributed by atoms with E-state index in [1.54, 1.807) is 29.5 Å². The number of benzene rings is 1. The fraction of sp³-hybridized carbons (Fsp3) is 0.568. The lowest BCUT2D eigenvalue weighted by Crippen LogP contribution is -2.51. The minimum atomic E-state index is -0.229. The fourth-order valence-corrected chi connectivity index (χ4v) is 7.47. The number of anilines is 2. The highest BCUT2D eigenvalue weighted by Crippen LogP contribution is 2.36. The molecule has 3 fully saturated rings. The summed E-state index contributed by atoms with van der Waals surface area (Å²) in [6, 6.07) is 8.59. The van der Waals surface area contributed by atoms with E-state index in [-0.39, 0.29) is 18.3 Å². The van der Waals surface area contributed by atoms with Crippen molar-refractivity contribution in [2.45, 2.75) is 96.2 Å². The van der Waals surface area contributed by atoms with Crippen LogP contribution in [0.25, 0.3) is 11.1 Å². The number of hydrogen-bond acceptors (Lipinski definition) is 12. The third-order valence-corrected chi connectivity index (χ3v) is 10.1. The summed E-state index contributed by atoms with van der Waals surface area (Å²) < 4.78 is 27.8. The molecule has 0 bridgehead atoms. The molecule has 3 aromatic heterocycles. The first-order chi connectivity index (χ1) is 24.9. The summed E-state index contributed by atoms with van der Waals surface area (Å²) in [5.41, 5.74) is 2.84. The molecule has 3 atom stereocenters. The van der Waals surface area contributed by atoms with Crippen LogP contribution in [0.3, 0.4) is 0 Å². The van der Waals surface area contributed by atoms with Crippen LogP contribution in [0.4, 0.5) is 11.6 Å². The van der Waals surface area contributed by atoms with E-state index in [9.17, 15) is 5.26 Å². The van der Waals surface area contributed by atoms with Gasteiger partial charge in [-0.15, -0.1) is 5.10 Å². The Morgan fingerprint density at radius 2 is 1.75 bits per heavy atom. The van der Waals surface area contributed by atoms with Gasteiger partial charge >= 0.3 is 0 Å². The van der Waals surface area contributed by atoms with Crippen molar-refractivity contribution < 1.29 is 18.9 Å². The van der Waals surface area contributed by atoms with Crippen LogP contribution in [-0.2, 0) is 16.0 Å². The summed E-state index contributed by atoms with van der Waals surface area (Å²) in [4.78, 5) is 15.9. The summed E-state index contributed by atoms with van der Waals surface area (Å²) in [5.74, 6) is 1.94. The number of nitrogens with one attached hydrogen (secondary N) is 1. The molecule has 1 aromatic carbocycles. The van der Waals surface area contributed by atoms with Gasteiger partial charge in [0.15, 0.2) is 0 Å². The van der Waals surface area contributed by atoms with Gasteiger partial charge in [-0.05, 0) is 82.9 Å². The third kappa shape index (κ3) is 8.84. The predicted molar refractivity (Wildman–Crippen MR) is 190 cm³/mol. The molecule has 0 spiro atoms. The van der Waals surface area contributed by atoms with Crippen LogP contribution in [0.15, 0.2) is 49.4 Å². The number of hydrogen-bond donors (Lipinski definition) is 1. The first kappa shape index (κ1) is 34.9. The first-order valence-electron chi connectivity index (χ1n) is 18.2. The average molecular weight is 697 g/mol. The van der Waals surface area contributed by atoms with Crippen molar-refractivity contribution in [3.05, 3.63) is 55.0 Å². The molecule has 0 radical (unpaired) electrons. The van der Waals surface area contributed by atoms with E-state index in [0.29, 0.717) is 54.3 Å². The number of nitriles is 1. The SMILES string of the molecule is C[C@@H]1CN(C2CCC(n3cc(Nc4ncc(-c5ccc(C#N)c(O[C@@H](C)Cn6cncn6)c5)cn4)c(OCC4CCOCC4)n3)CC2)C[C@H](C)O1. The average Bonchev–Trinajstić information content (AvgIpc) is 3.81. The summed E-state index contributed by atoms with van der Waals surface area (Å²) in [6.45, 7) is 10.9. The molecule has 270 valence electrons. The van der Waals surface area contributed by atoms with E-state index in [0.717, 1.165) is 81.6 Å². The van der Waals surface area contributed by atoms with Crippen molar-refractivity contribution in [3.63, 3.8) is 0 Å². The smallest absolute Gasteiger partial charge is 0.256 e. The Hall–Kier alpha value is -4.58. The Morgan fingerprint density at radius 1 is 1.00 bits per heavy atom. The molecule has 7 rings (SSSR count). The number of rotatable bonds is 12. The van der Waals surface area contributed by atoms with Gasteiger partial charge in [-0.2, -0.15) is 10.4 Å². The van der Waals surface area contributed by atoms with Crippen molar-refractivity contribution in [1.82, 2.24) is 39.4 Å². The van der Waals surface area contributed by atoms with Crippen LogP contribution < -0.4 is 14.8 Å². The van der Waals surface area contributed by atoms with Crippen LogP contribution in [0.2, 0.25) is 0 Å². The minimum absolute atomic E-state index is 0.229. The molecule has 1 aliphatic carbocycles. The Balaban J connectivity index is 1.04. The van der Waals surface area contributed by atoms with Gasteiger partial charge in [-0.1, -0.05) is 6.07 Å². The van der Waals surface area contributed by atoms with Crippen molar-refractivity contribution >= 4 is 11.6 Å². The van der Waals surface area contributed by atoms with Gasteiger partial charge in [0.2, 0.25) is 5.95 Å². The standard InChI is InChI=1S/C37H48N10O4/c1-25-18-45(19-26(2)50-25)32-6-8-33(9-7-32)47-21-34(36(44-47)49-22-28-10-12-48-13-11-28)43-37-40-16-31(17-41-37)29-4-5-30(15-38)35(14-29)51-27(3)20-46-24-39-23-42-46/h4-5,14,16-17,21,23-28,32-33H,6-13,18-20,22H2,1-3H3,(H,40,41,43)/t25-,26+,27-,32?,33?/m0/s1. The topological polar surface area (TPSA) is 150 Å². The molecule has 3 aliphatic rings. The monoisotopic (exact) mass is 696 g/mol. The van der Waals surface area contributed by atoms with Crippen LogP contribution in [0.1, 0.15) is 70.9 Å². The molecular formula is C37H48N10O4. The number of morpholine rings is 1. The van der Waals surface area contributed by atoms with E-state index in [2.05, 4.69) is 54.9 Å². The van der Waals surface area contributed by atoms with E-state index in [1.807, 2.05) is 25.3 Å². The lowest BCUT2D eigenvalue weighted by Gasteiger charge is -2.42. The van der Waals surface area contributed by atoms with E-state index < -0.39 is 0 Å². The van der Waals surface area contributed by atoms with Crippen LogP contribution in [0, 0.1) is 17.2 Å². The second-order valence-corrected chi connectivity index (χ2v) is 14.2. The zero-order chi connectivity index (χ0) is 35.2. The molecule has 0 unspecified atom stereocenters. The third-order valence-electron chi connectivity index (χ3n) is 10.1. The molecule has 2 aliphatic heterocycles. The summed E-state index contributed by atoms with van der Waals surface area (Å²) in [5, 5.41) is 22.2. The zero-order valence-corrected chi connectivity index (χ0v) is 29.7. The van der Waals surface area contributed by atoms with Crippen LogP contribution >= 0.6 is 0 Å². The normalized spacial score (nSPS) is 23.7. The summed E-state index contributed by atoms with van der Waals surface area (Å²) in [6.07, 6.45) is 15.4. The van der Waals surface area contributed by atoms with Gasteiger partial charge in [-0.25, -0.2) is 19.6 Å². The van der Waals surface area contributed by atoms with Gasteiger partial charge in [0.1, 0.15) is 36.3 Å². The molecule has 5 heterocycles. The molecule has 0 amide bonds. The van der Waals surface area contributed by atoms with Crippen molar-refractivity contribution in [3.8, 4) is 28.8 Å². The number of aromatic nitrogens is 7. The van der Waals surface area contributed by atoms with Gasteiger partial charge in [-0.3, -0.25) is 9.58 Å². The Kier molecular flexibility index (Phi) is 11.1. The summed E-state index contributed by atoms with van der Waals surface area (Å²) >= 11 is 0. The molecule has 14 heteroatoms. The number of ether oxygens (including phenoxy) is 4. The lowest BCUT2D eigenvalue weighted by molar-refractivity contribution is -0.0852. The highest BCUT2D eigenvalue weighted by molar-refractivity contribution is 5.67. The largest absolute Gasteiger partial charge is 0.487 e. The molecule has 2 saturated heterocycles. The maximum absolute atomic E-state index is 9.71. The van der Waals surface area contributed by atoms with E-state index in [4.69, 9.17) is 24.0 Å². The molecule has 1 saturated carbocycles. The van der Waals surface area contributed by atoms with Gasteiger partial charge in [0, 0.05) is 50.3 Å². The second kappa shape index (κ2) is 16.2. The first-order valence-corrected chi connectivity index (χ1v) is 18.2. The van der Waals surface area contributed by atoms with Crippen molar-refractivity contribution in [2.24, 2.45) is 5.92 Å². The van der Waals surface area contributed by atoms with E-state index in [1.165, 1.54) is 6.33 Å². The molecule has 4 aromatic rings. The minimum Gasteiger partial charge on any atom is -0.487 e. The maximum atomic E-state index is 9.71. The van der Waals surface area contributed by atoms with Gasteiger partial charge < -0.3 is 24.3 Å². The molecular weight excluding hydrogens is 648 g/mol. The fourth-order valence-electron chi connectivity index (χ4n) is 7.47. The zero-order valence-electron chi connectivity index (χ0n) is 29.7. The quantitative estimate of drug-likeness (QED) is 0.202. The molecule has 14 nitrogen and oxygen atoms in total. The second-order valence-electron chi connectivity index (χ2n) is 14.2. The van der Waals surface area contributed by atoms with Crippen molar-refractivity contribution in [2.75, 3.05) is 38.2 Å². The van der Waals surface area contributed by atoms with Gasteiger partial charge in [0.25, 0.3) is 5.88 Å². The highest BCUT2D eigenvalue weighted by atomic mass is 16.5. The predicted octanol–water partition coefficient (Wildman–Crippen LogP) is 5.41. The number of nitrogens with zero attached hydrogens (tertiary/aromatic N) is 9. The van der Waals surface area contributed by atoms with Crippen LogP contribution in [-0.4, -0.2) is 96.7 Å². The Labute approximate surface area is 299 Å². The summed E-state index contributed by atoms with van der Waals surface area (Å²) in [7, 11) is 0. The Morgan fingerprint density at radius 3 is 2.45 bits per heavy atom. The Bertz CT molecular complexity index is 1730. The molecule has 1 N–H and O–H groups in total. The highest BCUT2D eigenvalue weighted by Gasteiger charge is 2.32. The van der Waals surface area contributed by atoms with Gasteiger partial charge in [0.05, 0.1) is 43.2 Å².